The van der Waals surface area contributed by atoms with Gasteiger partial charge in [-0.3, -0.25) is 9.69 Å². The summed E-state index contributed by atoms with van der Waals surface area (Å²) >= 11 is 0. The van der Waals surface area contributed by atoms with Crippen molar-refractivity contribution >= 4 is 5.78 Å². The number of ketones is 1. The lowest BCUT2D eigenvalue weighted by atomic mass is 10.0. The fourth-order valence-corrected chi connectivity index (χ4v) is 2.90. The van der Waals surface area contributed by atoms with E-state index in [0.717, 1.165) is 24.2 Å². The Morgan fingerprint density at radius 2 is 2.16 bits per heavy atom. The molecule has 1 saturated heterocycles. The molecular weight excluding hydrogens is 236 g/mol. The molecule has 1 aliphatic heterocycles. The van der Waals surface area contributed by atoms with Gasteiger partial charge in [0.1, 0.15) is 0 Å². The van der Waals surface area contributed by atoms with Crippen LogP contribution in [0.5, 0.6) is 0 Å². The average molecular weight is 260 g/mol. The van der Waals surface area contributed by atoms with Crippen LogP contribution in [0.15, 0.2) is 24.3 Å². The topological polar surface area (TPSA) is 23.6 Å². The summed E-state index contributed by atoms with van der Waals surface area (Å²) in [6, 6.07) is 7.84. The van der Waals surface area contributed by atoms with Gasteiger partial charge in [-0.15, -0.1) is 0 Å². The summed E-state index contributed by atoms with van der Waals surface area (Å²) in [5.74, 6) is 0.937. The molecule has 3 nitrogen and oxygen atoms in total. The first kappa shape index (κ1) is 14.2. The summed E-state index contributed by atoms with van der Waals surface area (Å²) in [6.07, 6.45) is 1.25. The average Bonchev–Trinajstić information content (AvgIpc) is 2.74. The highest BCUT2D eigenvalue weighted by atomic mass is 16.1. The zero-order chi connectivity index (χ0) is 13.8. The van der Waals surface area contributed by atoms with Crippen LogP contribution in [-0.4, -0.2) is 55.9 Å². The summed E-state index contributed by atoms with van der Waals surface area (Å²) < 4.78 is 0. The number of hydrogen-bond acceptors (Lipinski definition) is 3. The van der Waals surface area contributed by atoms with Gasteiger partial charge in [-0.1, -0.05) is 24.3 Å². The molecule has 0 spiro atoms. The maximum absolute atomic E-state index is 12.3. The zero-order valence-electron chi connectivity index (χ0n) is 12.2. The number of hydrogen-bond donors (Lipinski definition) is 0. The molecule has 0 bridgehead atoms. The number of carbonyl (C=O) groups is 1. The van der Waals surface area contributed by atoms with Gasteiger partial charge in [-0.05, 0) is 45.5 Å². The number of benzene rings is 1. The van der Waals surface area contributed by atoms with Crippen molar-refractivity contribution in [3.63, 3.8) is 0 Å². The van der Waals surface area contributed by atoms with Crippen molar-refractivity contribution in [2.75, 3.05) is 40.3 Å². The molecule has 0 aliphatic carbocycles. The monoisotopic (exact) mass is 260 g/mol. The van der Waals surface area contributed by atoms with Crippen LogP contribution in [0.2, 0.25) is 0 Å². The van der Waals surface area contributed by atoms with Gasteiger partial charge in [0.05, 0.1) is 6.54 Å². The first-order valence-corrected chi connectivity index (χ1v) is 7.02. The van der Waals surface area contributed by atoms with Gasteiger partial charge in [0.2, 0.25) is 0 Å². The lowest BCUT2D eigenvalue weighted by Gasteiger charge is -2.20. The zero-order valence-corrected chi connectivity index (χ0v) is 12.2. The van der Waals surface area contributed by atoms with E-state index in [9.17, 15) is 4.79 Å². The highest BCUT2D eigenvalue weighted by Crippen LogP contribution is 2.15. The normalized spacial score (nSPS) is 20.1. The molecule has 0 aromatic heterocycles. The second-order valence-corrected chi connectivity index (χ2v) is 5.85. The Morgan fingerprint density at radius 1 is 1.42 bits per heavy atom. The predicted molar refractivity (Wildman–Crippen MR) is 78.6 cm³/mol. The summed E-state index contributed by atoms with van der Waals surface area (Å²) in [5.41, 5.74) is 1.93. The fraction of sp³-hybridized carbons (Fsp3) is 0.562. The van der Waals surface area contributed by atoms with E-state index >= 15 is 0 Å². The molecule has 1 atom stereocenters. The SMILES string of the molecule is Cc1ccccc1C(=O)CN(C)CC1CCN(C)C1. The number of nitrogens with zero attached hydrogens (tertiary/aromatic N) is 2. The lowest BCUT2D eigenvalue weighted by molar-refractivity contribution is 0.0937. The smallest absolute Gasteiger partial charge is 0.177 e. The molecule has 1 aliphatic rings. The molecule has 19 heavy (non-hydrogen) atoms. The molecule has 0 N–H and O–H groups in total. The van der Waals surface area contributed by atoms with E-state index < -0.39 is 0 Å². The lowest BCUT2D eigenvalue weighted by Crippen LogP contribution is -2.32. The van der Waals surface area contributed by atoms with E-state index in [1.54, 1.807) is 0 Å². The van der Waals surface area contributed by atoms with Crippen molar-refractivity contribution in [2.45, 2.75) is 13.3 Å². The minimum atomic E-state index is 0.229. The number of Topliss-reactive ketones (excluding diaryl/α,β-unsaturated/α-hetero) is 1. The minimum absolute atomic E-state index is 0.229. The first-order chi connectivity index (χ1) is 9.06. The second-order valence-electron chi connectivity index (χ2n) is 5.85. The molecule has 0 saturated carbocycles. The number of rotatable bonds is 5. The summed E-state index contributed by atoms with van der Waals surface area (Å²) in [6.45, 7) is 5.87. The maximum Gasteiger partial charge on any atom is 0.177 e. The van der Waals surface area contributed by atoms with E-state index in [2.05, 4.69) is 23.9 Å². The standard InChI is InChI=1S/C16H24N2O/c1-13-6-4-5-7-15(13)16(19)12-18(3)11-14-8-9-17(2)10-14/h4-7,14H,8-12H2,1-3H3. The van der Waals surface area contributed by atoms with Crippen molar-refractivity contribution in [3.05, 3.63) is 35.4 Å². The predicted octanol–water partition coefficient (Wildman–Crippen LogP) is 2.06. The van der Waals surface area contributed by atoms with E-state index in [1.165, 1.54) is 13.0 Å². The molecule has 1 aromatic rings. The maximum atomic E-state index is 12.3. The van der Waals surface area contributed by atoms with Gasteiger partial charge in [0.15, 0.2) is 5.78 Å². The van der Waals surface area contributed by atoms with Crippen LogP contribution in [0.4, 0.5) is 0 Å². The molecular formula is C16H24N2O. The molecule has 1 heterocycles. The Morgan fingerprint density at radius 3 is 2.79 bits per heavy atom. The van der Waals surface area contributed by atoms with Gasteiger partial charge in [0.25, 0.3) is 0 Å². The van der Waals surface area contributed by atoms with Gasteiger partial charge >= 0.3 is 0 Å². The number of likely N-dealkylation sites (tertiary alicyclic amines) is 1. The number of likely N-dealkylation sites (N-methyl/N-ethyl adjacent to an activating group) is 1. The van der Waals surface area contributed by atoms with Crippen LogP contribution < -0.4 is 0 Å². The fourth-order valence-electron chi connectivity index (χ4n) is 2.90. The molecule has 2 rings (SSSR count). The minimum Gasteiger partial charge on any atom is -0.306 e. The molecule has 1 unspecified atom stereocenters. The third-order valence-electron chi connectivity index (χ3n) is 3.92. The van der Waals surface area contributed by atoms with Crippen LogP contribution in [0.3, 0.4) is 0 Å². The quantitative estimate of drug-likeness (QED) is 0.757. The highest BCUT2D eigenvalue weighted by Gasteiger charge is 2.21. The van der Waals surface area contributed by atoms with Gasteiger partial charge < -0.3 is 4.90 Å². The molecule has 3 heteroatoms. The molecule has 0 amide bonds. The molecule has 1 aromatic carbocycles. The Kier molecular flexibility index (Phi) is 4.72. The largest absolute Gasteiger partial charge is 0.306 e. The van der Waals surface area contributed by atoms with Crippen molar-refractivity contribution in [2.24, 2.45) is 5.92 Å². The Balaban J connectivity index is 1.87. The van der Waals surface area contributed by atoms with Crippen LogP contribution >= 0.6 is 0 Å². The molecule has 104 valence electrons. The van der Waals surface area contributed by atoms with Crippen molar-refractivity contribution in [1.82, 2.24) is 9.80 Å². The van der Waals surface area contributed by atoms with Crippen LogP contribution in [0.25, 0.3) is 0 Å². The molecule has 0 radical (unpaired) electrons. The summed E-state index contributed by atoms with van der Waals surface area (Å²) in [5, 5.41) is 0. The van der Waals surface area contributed by atoms with Crippen LogP contribution in [-0.2, 0) is 0 Å². The highest BCUT2D eigenvalue weighted by molar-refractivity contribution is 5.98. The van der Waals surface area contributed by atoms with E-state index in [4.69, 9.17) is 0 Å². The van der Waals surface area contributed by atoms with Crippen molar-refractivity contribution in [1.29, 1.82) is 0 Å². The Hall–Kier alpha value is -1.19. The van der Waals surface area contributed by atoms with E-state index in [0.29, 0.717) is 12.5 Å². The van der Waals surface area contributed by atoms with E-state index in [-0.39, 0.29) is 5.78 Å². The van der Waals surface area contributed by atoms with Gasteiger partial charge in [-0.25, -0.2) is 0 Å². The first-order valence-electron chi connectivity index (χ1n) is 7.02. The Bertz CT molecular complexity index is 444. The van der Waals surface area contributed by atoms with Crippen molar-refractivity contribution in [3.8, 4) is 0 Å². The van der Waals surface area contributed by atoms with E-state index in [1.807, 2.05) is 31.2 Å². The third-order valence-corrected chi connectivity index (χ3v) is 3.92. The van der Waals surface area contributed by atoms with Crippen LogP contribution in [0, 0.1) is 12.8 Å². The third kappa shape index (κ3) is 3.88. The van der Waals surface area contributed by atoms with Gasteiger partial charge in [0, 0.05) is 18.7 Å². The number of carbonyl (C=O) groups excluding carboxylic acids is 1. The molecule has 1 fully saturated rings. The summed E-state index contributed by atoms with van der Waals surface area (Å²) in [7, 11) is 4.22. The van der Waals surface area contributed by atoms with Crippen molar-refractivity contribution < 1.29 is 4.79 Å². The summed E-state index contributed by atoms with van der Waals surface area (Å²) in [4.78, 5) is 16.8. The Labute approximate surface area is 116 Å². The van der Waals surface area contributed by atoms with Gasteiger partial charge in [-0.2, -0.15) is 0 Å². The second kappa shape index (κ2) is 6.31. The number of aryl methyl sites for hydroxylation is 1. The van der Waals surface area contributed by atoms with Crippen LogP contribution in [0.1, 0.15) is 22.3 Å².